The summed E-state index contributed by atoms with van der Waals surface area (Å²) in [5, 5.41) is 17.5. The molecule has 5 nitrogen and oxygen atoms in total. The second-order valence-corrected chi connectivity index (χ2v) is 4.01. The zero-order chi connectivity index (χ0) is 10.2. The van der Waals surface area contributed by atoms with Crippen molar-refractivity contribution in [2.24, 2.45) is 0 Å². The lowest BCUT2D eigenvalue weighted by molar-refractivity contribution is 0.0215. The normalized spacial score (nSPS) is 32.0. The van der Waals surface area contributed by atoms with Crippen molar-refractivity contribution in [3.05, 3.63) is 11.9 Å². The highest BCUT2D eigenvalue weighted by molar-refractivity contribution is 5.70. The van der Waals surface area contributed by atoms with Crippen LogP contribution in [0.15, 0.2) is 6.20 Å². The molecular formula is C9H13N3O2. The van der Waals surface area contributed by atoms with Crippen molar-refractivity contribution in [1.29, 1.82) is 0 Å². The summed E-state index contributed by atoms with van der Waals surface area (Å²) >= 11 is 0. The molecule has 1 aromatic rings. The molecule has 1 N–H and O–H groups in total. The maximum Gasteiger partial charge on any atom is 0.171 e. The zero-order valence-corrected chi connectivity index (χ0v) is 8.05. The molecule has 1 aliphatic rings. The Labute approximate surface area is 81.7 Å². The Morgan fingerprint density at radius 3 is 3.07 bits per heavy atom. The van der Waals surface area contributed by atoms with E-state index in [9.17, 15) is 9.90 Å². The van der Waals surface area contributed by atoms with Crippen LogP contribution in [0.1, 0.15) is 42.7 Å². The molecule has 1 heterocycles. The number of aliphatic hydroxyl groups is 1. The second-order valence-electron chi connectivity index (χ2n) is 4.01. The summed E-state index contributed by atoms with van der Waals surface area (Å²) in [5.41, 5.74) is -0.416. The summed E-state index contributed by atoms with van der Waals surface area (Å²) < 4.78 is 1.59. The summed E-state index contributed by atoms with van der Waals surface area (Å²) in [4.78, 5) is 10.4. The Balaban J connectivity index is 2.26. The quantitative estimate of drug-likeness (QED) is 0.700. The second kappa shape index (κ2) is 3.16. The van der Waals surface area contributed by atoms with Gasteiger partial charge in [0.1, 0.15) is 5.69 Å². The largest absolute Gasteiger partial charge is 0.388 e. The summed E-state index contributed by atoms with van der Waals surface area (Å²) in [7, 11) is 0. The van der Waals surface area contributed by atoms with Gasteiger partial charge in [0.15, 0.2) is 6.29 Å². The molecule has 14 heavy (non-hydrogen) atoms. The monoisotopic (exact) mass is 195 g/mol. The highest BCUT2D eigenvalue weighted by atomic mass is 16.3. The van der Waals surface area contributed by atoms with Gasteiger partial charge in [-0.15, -0.1) is 5.10 Å². The lowest BCUT2D eigenvalue weighted by Gasteiger charge is -2.24. The number of carbonyl (C=O) groups excluding carboxylic acids is 1. The molecule has 0 radical (unpaired) electrons. The molecule has 1 saturated carbocycles. The van der Waals surface area contributed by atoms with Crippen LogP contribution in [0, 0.1) is 0 Å². The lowest BCUT2D eigenvalue weighted by Crippen LogP contribution is -2.31. The van der Waals surface area contributed by atoms with Gasteiger partial charge >= 0.3 is 0 Å². The fraction of sp³-hybridized carbons (Fsp3) is 0.667. The number of carbonyl (C=O) groups is 1. The number of rotatable bonds is 2. The highest BCUT2D eigenvalue weighted by Gasteiger charge is 2.38. The first-order valence-electron chi connectivity index (χ1n) is 4.73. The Kier molecular flexibility index (Phi) is 2.11. The van der Waals surface area contributed by atoms with Gasteiger partial charge in [-0.2, -0.15) is 0 Å². The first kappa shape index (κ1) is 9.33. The summed E-state index contributed by atoms with van der Waals surface area (Å²) in [6, 6.07) is -0.0521. The molecule has 5 heteroatoms. The first-order chi connectivity index (χ1) is 6.63. The van der Waals surface area contributed by atoms with Gasteiger partial charge < -0.3 is 5.11 Å². The average Bonchev–Trinajstić information content (AvgIpc) is 2.70. The molecule has 0 aromatic carbocycles. The maximum absolute atomic E-state index is 10.4. The van der Waals surface area contributed by atoms with Gasteiger partial charge in [-0.3, -0.25) is 4.79 Å². The predicted molar refractivity (Wildman–Crippen MR) is 48.9 cm³/mol. The van der Waals surface area contributed by atoms with E-state index >= 15 is 0 Å². The molecule has 1 aliphatic carbocycles. The van der Waals surface area contributed by atoms with E-state index in [1.807, 2.05) is 0 Å². The van der Waals surface area contributed by atoms with Crippen LogP contribution in [0.2, 0.25) is 0 Å². The molecular weight excluding hydrogens is 182 g/mol. The van der Waals surface area contributed by atoms with Crippen LogP contribution in [-0.4, -0.2) is 32.0 Å². The molecule has 2 unspecified atom stereocenters. The fourth-order valence-corrected chi connectivity index (χ4v) is 2.04. The molecule has 0 bridgehead atoms. The Morgan fingerprint density at radius 2 is 2.57 bits per heavy atom. The van der Waals surface area contributed by atoms with E-state index in [0.717, 1.165) is 19.3 Å². The Hall–Kier alpha value is -1.23. The Morgan fingerprint density at radius 1 is 1.79 bits per heavy atom. The molecule has 0 aliphatic heterocycles. The van der Waals surface area contributed by atoms with E-state index in [0.29, 0.717) is 12.0 Å². The molecule has 2 rings (SSSR count). The van der Waals surface area contributed by atoms with Crippen LogP contribution in [-0.2, 0) is 0 Å². The lowest BCUT2D eigenvalue weighted by atomic mass is 10.0. The third-order valence-corrected chi connectivity index (χ3v) is 2.85. The molecule has 76 valence electrons. The van der Waals surface area contributed by atoms with Gasteiger partial charge in [0.25, 0.3) is 0 Å². The van der Waals surface area contributed by atoms with Crippen molar-refractivity contribution >= 4 is 6.29 Å². The van der Waals surface area contributed by atoms with Gasteiger partial charge in [0.05, 0.1) is 17.8 Å². The molecule has 0 amide bonds. The zero-order valence-electron chi connectivity index (χ0n) is 8.05. The molecule has 0 spiro atoms. The van der Waals surface area contributed by atoms with Crippen molar-refractivity contribution in [1.82, 2.24) is 15.0 Å². The van der Waals surface area contributed by atoms with Gasteiger partial charge in [0.2, 0.25) is 0 Å². The van der Waals surface area contributed by atoms with Crippen LogP contribution < -0.4 is 0 Å². The summed E-state index contributed by atoms with van der Waals surface area (Å²) in [6.45, 7) is 1.80. The van der Waals surface area contributed by atoms with Gasteiger partial charge in [-0.25, -0.2) is 4.68 Å². The molecule has 1 fully saturated rings. The number of hydrogen-bond acceptors (Lipinski definition) is 4. The number of aromatic nitrogens is 3. The highest BCUT2D eigenvalue weighted by Crippen LogP contribution is 2.38. The van der Waals surface area contributed by atoms with Gasteiger partial charge in [-0.1, -0.05) is 5.21 Å². The van der Waals surface area contributed by atoms with E-state index in [2.05, 4.69) is 10.3 Å². The third-order valence-electron chi connectivity index (χ3n) is 2.85. The van der Waals surface area contributed by atoms with E-state index < -0.39 is 5.60 Å². The smallest absolute Gasteiger partial charge is 0.171 e. The van der Waals surface area contributed by atoms with Gasteiger partial charge in [0, 0.05) is 0 Å². The van der Waals surface area contributed by atoms with Crippen LogP contribution in [0.5, 0.6) is 0 Å². The average molecular weight is 195 g/mol. The first-order valence-corrected chi connectivity index (χ1v) is 4.73. The number of aldehydes is 1. The van der Waals surface area contributed by atoms with E-state index in [1.165, 1.54) is 0 Å². The molecule has 1 aromatic heterocycles. The van der Waals surface area contributed by atoms with Crippen LogP contribution >= 0.6 is 0 Å². The summed E-state index contributed by atoms with van der Waals surface area (Å²) in [5.74, 6) is 0. The Bertz CT molecular complexity index is 346. The van der Waals surface area contributed by atoms with Crippen LogP contribution in [0.3, 0.4) is 0 Å². The van der Waals surface area contributed by atoms with Crippen LogP contribution in [0.4, 0.5) is 0 Å². The van der Waals surface area contributed by atoms with E-state index in [1.54, 1.807) is 17.8 Å². The minimum absolute atomic E-state index is 0.0521. The number of hydrogen-bond donors (Lipinski definition) is 1. The van der Waals surface area contributed by atoms with Crippen molar-refractivity contribution in [3.63, 3.8) is 0 Å². The van der Waals surface area contributed by atoms with Crippen molar-refractivity contribution < 1.29 is 9.90 Å². The SMILES string of the molecule is CC1(O)CCCC1n1cc(C=O)nn1. The van der Waals surface area contributed by atoms with Crippen molar-refractivity contribution in [2.75, 3.05) is 0 Å². The summed E-state index contributed by atoms with van der Waals surface area (Å²) in [6.07, 6.45) is 4.88. The van der Waals surface area contributed by atoms with Crippen molar-refractivity contribution in [2.45, 2.75) is 37.8 Å². The topological polar surface area (TPSA) is 68.0 Å². The number of nitrogens with zero attached hydrogens (tertiary/aromatic N) is 3. The van der Waals surface area contributed by atoms with Gasteiger partial charge in [-0.05, 0) is 26.2 Å². The van der Waals surface area contributed by atoms with Crippen molar-refractivity contribution in [3.8, 4) is 0 Å². The molecule has 0 saturated heterocycles. The van der Waals surface area contributed by atoms with E-state index in [4.69, 9.17) is 0 Å². The molecule has 2 atom stereocenters. The van der Waals surface area contributed by atoms with E-state index in [-0.39, 0.29) is 6.04 Å². The predicted octanol–water partition coefficient (Wildman–Crippen LogP) is 0.567. The fourth-order valence-electron chi connectivity index (χ4n) is 2.04. The third kappa shape index (κ3) is 1.43. The maximum atomic E-state index is 10.4. The van der Waals surface area contributed by atoms with Crippen LogP contribution in [0.25, 0.3) is 0 Å². The minimum Gasteiger partial charge on any atom is -0.388 e. The standard InChI is InChI=1S/C9H13N3O2/c1-9(14)4-2-3-8(9)12-5-7(6-13)10-11-12/h5-6,8,14H,2-4H2,1H3. The minimum atomic E-state index is -0.728.